The lowest BCUT2D eigenvalue weighted by Gasteiger charge is -2.26. The lowest BCUT2D eigenvalue weighted by molar-refractivity contribution is -0.432. The van der Waals surface area contributed by atoms with Crippen LogP contribution in [-0.2, 0) is 49.1 Å². The van der Waals surface area contributed by atoms with Crippen molar-refractivity contribution in [1.29, 1.82) is 5.26 Å². The highest BCUT2D eigenvalue weighted by Gasteiger charge is 2.26. The van der Waals surface area contributed by atoms with E-state index < -0.39 is 68.9 Å². The van der Waals surface area contributed by atoms with Crippen LogP contribution in [0.1, 0.15) is 24.0 Å². The van der Waals surface area contributed by atoms with Gasteiger partial charge in [-0.15, -0.1) is 39.4 Å². The van der Waals surface area contributed by atoms with E-state index in [0.717, 1.165) is 23.5 Å². The number of methoxy groups -OCH3 is 1. The number of aromatic hydroxyl groups is 2. The maximum Gasteiger partial charge on any atom is 0.297 e. The van der Waals surface area contributed by atoms with Crippen LogP contribution in [0.25, 0.3) is 37.7 Å². The number of azo groups is 3. The van der Waals surface area contributed by atoms with Crippen molar-refractivity contribution in [1.82, 2.24) is 14.4 Å². The van der Waals surface area contributed by atoms with Gasteiger partial charge in [-0.2, -0.15) is 30.5 Å². The van der Waals surface area contributed by atoms with Crippen molar-refractivity contribution >= 4 is 154 Å². The molecule has 0 bridgehead atoms. The number of thiazole rings is 1. The molecule has 29 nitrogen and oxygen atoms in total. The fraction of sp³-hybridized carbons (Fsp3) is 0.186. The maximum atomic E-state index is 12.9. The summed E-state index contributed by atoms with van der Waals surface area (Å²) in [5.41, 5.74) is -0.183. The number of halogens is 1. The predicted octanol–water partition coefficient (Wildman–Crippen LogP) is 11.2. The number of pyridine rings is 1. The number of para-hydroxylation sites is 2. The maximum absolute atomic E-state index is 12.9. The lowest BCUT2D eigenvalue weighted by atomic mass is 10.1. The molecular weight excluding hydrogens is 1190 g/mol. The van der Waals surface area contributed by atoms with E-state index in [1.807, 2.05) is 6.07 Å². The molecule has 0 spiro atoms. The van der Waals surface area contributed by atoms with Gasteiger partial charge in [0.1, 0.15) is 49.9 Å². The van der Waals surface area contributed by atoms with E-state index in [4.69, 9.17) is 26.9 Å². The largest absolute Gasteiger partial charge is 0.505 e. The molecule has 8 aromatic rings. The summed E-state index contributed by atoms with van der Waals surface area (Å²) in [5.74, 6) is -1.83. The van der Waals surface area contributed by atoms with E-state index in [-0.39, 0.29) is 125 Å². The number of aromatic nitrogens is 3. The van der Waals surface area contributed by atoms with Gasteiger partial charge in [0.15, 0.2) is 17.1 Å². The number of hydrogen-bond donors (Lipinski definition) is 7. The van der Waals surface area contributed by atoms with Crippen molar-refractivity contribution < 1.29 is 83.1 Å². The highest BCUT2D eigenvalue weighted by Crippen LogP contribution is 2.49. The monoisotopic (exact) mass is 1220 g/mol. The van der Waals surface area contributed by atoms with Crippen LogP contribution >= 0.6 is 47.0 Å². The van der Waals surface area contributed by atoms with Crippen molar-refractivity contribution in [2.45, 2.75) is 34.5 Å². The molecule has 8 rings (SSSR count). The first-order valence-corrected chi connectivity index (χ1v) is 29.2. The zero-order valence-electron chi connectivity index (χ0n) is 40.0. The molecule has 0 fully saturated rings. The summed E-state index contributed by atoms with van der Waals surface area (Å²) in [6, 6.07) is 17.1. The Morgan fingerprint density at radius 2 is 1.52 bits per heavy atom. The van der Waals surface area contributed by atoms with Crippen LogP contribution in [0.4, 0.5) is 39.3 Å². The highest BCUT2D eigenvalue weighted by atomic mass is 35.5. The molecule has 0 aliphatic heterocycles. The molecule has 0 aliphatic carbocycles. The Morgan fingerprint density at radius 3 is 2.22 bits per heavy atom. The molecule has 79 heavy (non-hydrogen) atoms. The van der Waals surface area contributed by atoms with Crippen molar-refractivity contribution in [2.75, 3.05) is 36.6 Å². The van der Waals surface area contributed by atoms with Gasteiger partial charge in [0.05, 0.1) is 61.8 Å². The van der Waals surface area contributed by atoms with Gasteiger partial charge in [-0.1, -0.05) is 45.1 Å². The van der Waals surface area contributed by atoms with Gasteiger partial charge in [0, 0.05) is 47.9 Å². The SMILES string of the molecule is COc1cc(N=Nc2c(SOOO)cc3cc(S(=O)(=O)O)c(N=Nc4c(C)c(C#N)c5nc6ccccc6n5c4O)cc3c2O)c(N(CCCSOOO)CCCS(=O)(=O)O)cc1N=Nc1nc2ccc(Cl)c(S(=O)(=O)O)c2s1. The van der Waals surface area contributed by atoms with E-state index in [9.17, 15) is 54.4 Å². The second-order valence-electron chi connectivity index (χ2n) is 16.1. The van der Waals surface area contributed by atoms with Gasteiger partial charge < -0.3 is 19.8 Å². The van der Waals surface area contributed by atoms with Gasteiger partial charge in [0.25, 0.3) is 30.4 Å². The fourth-order valence-electron chi connectivity index (χ4n) is 7.88. The smallest absolute Gasteiger partial charge is 0.297 e. The number of rotatable bonds is 23. The Hall–Kier alpha value is -6.83. The number of hydrogen-bond acceptors (Lipinski definition) is 28. The second kappa shape index (κ2) is 24.3. The van der Waals surface area contributed by atoms with Crippen LogP contribution in [0.3, 0.4) is 0 Å². The number of fused-ring (bicyclic) bond motifs is 5. The summed E-state index contributed by atoms with van der Waals surface area (Å²) in [4.78, 5) is 8.69. The Morgan fingerprint density at radius 1 is 0.810 bits per heavy atom. The number of nitrogens with zero attached hydrogens (tertiary/aromatic N) is 11. The van der Waals surface area contributed by atoms with Crippen LogP contribution in [0, 0.1) is 18.3 Å². The summed E-state index contributed by atoms with van der Waals surface area (Å²) in [6.07, 6.45) is 0.0726. The average Bonchev–Trinajstić information content (AvgIpc) is 4.13. The minimum Gasteiger partial charge on any atom is -0.505 e. The number of anilines is 1. The summed E-state index contributed by atoms with van der Waals surface area (Å²) in [5, 5.41) is 83.7. The molecule has 0 saturated heterocycles. The second-order valence-corrected chi connectivity index (χ2v) is 23.3. The number of phenols is 1. The summed E-state index contributed by atoms with van der Waals surface area (Å²) in [7, 11) is -13.2. The van der Waals surface area contributed by atoms with Crippen LogP contribution in [-0.4, -0.2) is 106 Å². The first-order chi connectivity index (χ1) is 37.6. The molecule has 0 amide bonds. The third kappa shape index (κ3) is 12.9. The molecule has 3 heterocycles. The van der Waals surface area contributed by atoms with Crippen LogP contribution in [0.15, 0.2) is 112 Å². The van der Waals surface area contributed by atoms with Gasteiger partial charge >= 0.3 is 0 Å². The van der Waals surface area contributed by atoms with E-state index >= 15 is 0 Å². The Labute approximate surface area is 462 Å². The van der Waals surface area contributed by atoms with E-state index in [2.05, 4.69) is 59.4 Å². The first kappa shape index (κ1) is 58.3. The quantitative estimate of drug-likeness (QED) is 0.00781. The number of ether oxygens (including phenoxy) is 1. The first-order valence-electron chi connectivity index (χ1n) is 21.9. The van der Waals surface area contributed by atoms with Gasteiger partial charge in [-0.3, -0.25) is 18.1 Å². The van der Waals surface area contributed by atoms with Gasteiger partial charge in [-0.05, 0) is 73.7 Å². The molecule has 0 radical (unpaired) electrons. The normalized spacial score (nSPS) is 12.6. The highest BCUT2D eigenvalue weighted by molar-refractivity contribution is 7.94. The molecule has 0 atom stereocenters. The lowest BCUT2D eigenvalue weighted by Crippen LogP contribution is -2.27. The summed E-state index contributed by atoms with van der Waals surface area (Å²) >= 11 is 7.81. The Balaban J connectivity index is 1.28. The molecule has 5 aromatic carbocycles. The van der Waals surface area contributed by atoms with E-state index in [1.54, 1.807) is 29.2 Å². The van der Waals surface area contributed by atoms with Crippen molar-refractivity contribution in [3.63, 3.8) is 0 Å². The number of benzene rings is 5. The molecule has 414 valence electrons. The summed E-state index contributed by atoms with van der Waals surface area (Å²) < 4.78 is 120. The minimum absolute atomic E-state index is 0.000666. The number of nitriles is 1. The minimum atomic E-state index is -5.15. The van der Waals surface area contributed by atoms with Gasteiger partial charge in [0.2, 0.25) is 11.0 Å². The number of imidazole rings is 1. The third-order valence-electron chi connectivity index (χ3n) is 11.3. The van der Waals surface area contributed by atoms with E-state index in [1.165, 1.54) is 48.8 Å². The zero-order chi connectivity index (χ0) is 57.0. The standard InChI is InChI=1S/C43H36ClN11O18S6/c1-21-24(20-45)41-46-26-7-3-4-8-31(26)55(41)42(57)36(21)51-50-30-17-23-22(16-35(30)78(63,64)65)15-34(76-73-71-59)37(38(23)56)52-48-28-19-33(69-2)29(18-32(28)54(11-5-13-74-72-70-58)12-6-14-77(60,61)62)49-53-43-47-27-10-9-25(44)40(39(27)75-43)79(66,67)68/h3-4,7-10,15-19,56-59H,5-6,11-14H2,1-2H3,(H,60,61,62)(H,63,64,65)(H,66,67,68). The van der Waals surface area contributed by atoms with Crippen LogP contribution < -0.4 is 9.64 Å². The molecule has 3 aromatic heterocycles. The predicted molar refractivity (Wildman–Crippen MR) is 285 cm³/mol. The van der Waals surface area contributed by atoms with Gasteiger partial charge in [-0.25, -0.2) is 20.5 Å². The zero-order valence-corrected chi connectivity index (χ0v) is 45.6. The third-order valence-corrected chi connectivity index (χ3v) is 16.7. The Bertz CT molecular complexity index is 4200. The Kier molecular flexibility index (Phi) is 17.9. The topological polar surface area (TPSA) is 422 Å². The van der Waals surface area contributed by atoms with Crippen molar-refractivity contribution in [2.24, 2.45) is 30.7 Å². The molecule has 0 saturated carbocycles. The molecular formula is C43H36ClN11O18S6. The number of phenolic OH excluding ortho intramolecular Hbond substituents is 1. The fourth-order valence-corrected chi connectivity index (χ4v) is 12.3. The van der Waals surface area contributed by atoms with Crippen LogP contribution in [0.5, 0.6) is 17.4 Å². The molecule has 0 unspecified atom stereocenters. The molecule has 36 heteroatoms. The molecule has 7 N–H and O–H groups in total. The summed E-state index contributed by atoms with van der Waals surface area (Å²) in [6.45, 7) is 1.41. The van der Waals surface area contributed by atoms with Crippen molar-refractivity contribution in [3.8, 4) is 23.4 Å². The van der Waals surface area contributed by atoms with E-state index in [0.29, 0.717) is 23.1 Å². The van der Waals surface area contributed by atoms with Crippen molar-refractivity contribution in [3.05, 3.63) is 82.9 Å². The average molecular weight is 1220 g/mol. The van der Waals surface area contributed by atoms with Crippen LogP contribution in [0.2, 0.25) is 5.02 Å². The molecule has 0 aliphatic rings.